The number of fused-ring (bicyclic) bond motifs is 2. The molecule has 6 heteroatoms. The van der Waals surface area contributed by atoms with E-state index in [1.54, 1.807) is 6.33 Å². The third-order valence-corrected chi connectivity index (χ3v) is 5.53. The maximum Gasteiger partial charge on any atom is 0.160 e. The number of likely N-dealkylation sites (N-methyl/N-ethyl adjacent to an activating group) is 1. The van der Waals surface area contributed by atoms with E-state index in [1.165, 1.54) is 22.4 Å². The van der Waals surface area contributed by atoms with E-state index in [1.807, 2.05) is 4.40 Å². The first-order chi connectivity index (χ1) is 12.8. The first-order valence-electron chi connectivity index (χ1n) is 9.21. The van der Waals surface area contributed by atoms with Gasteiger partial charge in [0.05, 0.1) is 13.2 Å². The molecule has 1 saturated heterocycles. The molecule has 6 nitrogen and oxygen atoms in total. The Morgan fingerprint density at radius 3 is 2.88 bits per heavy atom. The van der Waals surface area contributed by atoms with Crippen LogP contribution in [0.15, 0.2) is 42.9 Å². The molecule has 0 aliphatic carbocycles. The van der Waals surface area contributed by atoms with Gasteiger partial charge >= 0.3 is 0 Å². The minimum Gasteiger partial charge on any atom is -0.378 e. The highest BCUT2D eigenvalue weighted by Gasteiger charge is 2.26. The molecule has 0 bridgehead atoms. The van der Waals surface area contributed by atoms with Crippen molar-refractivity contribution < 1.29 is 4.74 Å². The lowest BCUT2D eigenvalue weighted by molar-refractivity contribution is 0.122. The van der Waals surface area contributed by atoms with Gasteiger partial charge in [0.15, 0.2) is 5.65 Å². The first kappa shape index (κ1) is 15.8. The lowest BCUT2D eigenvalue weighted by Crippen LogP contribution is -2.37. The van der Waals surface area contributed by atoms with Crippen LogP contribution in [-0.2, 0) is 11.3 Å². The molecule has 1 atom stereocenters. The molecule has 134 valence electrons. The maximum absolute atomic E-state index is 5.49. The van der Waals surface area contributed by atoms with E-state index in [4.69, 9.17) is 4.74 Å². The number of hydrogen-bond acceptors (Lipinski definition) is 5. The quantitative estimate of drug-likeness (QED) is 0.709. The summed E-state index contributed by atoms with van der Waals surface area (Å²) in [5.74, 6) is 0.370. The zero-order valence-corrected chi connectivity index (χ0v) is 15.0. The van der Waals surface area contributed by atoms with Gasteiger partial charge in [-0.25, -0.2) is 0 Å². The second kappa shape index (κ2) is 6.37. The van der Waals surface area contributed by atoms with E-state index >= 15 is 0 Å². The van der Waals surface area contributed by atoms with Gasteiger partial charge in [0, 0.05) is 44.0 Å². The average Bonchev–Trinajstić information content (AvgIpc) is 3.15. The summed E-state index contributed by atoms with van der Waals surface area (Å²) in [6, 6.07) is 11.2. The van der Waals surface area contributed by atoms with Crippen molar-refractivity contribution in [2.24, 2.45) is 0 Å². The summed E-state index contributed by atoms with van der Waals surface area (Å²) in [5.41, 5.74) is 6.38. The molecule has 0 N–H and O–H groups in total. The SMILES string of the molecule is CN1Cc2cc(N3CCOCC3)ccc2C(c2ccc3nncn3c2)C1. The lowest BCUT2D eigenvalue weighted by atomic mass is 9.85. The zero-order chi connectivity index (χ0) is 17.5. The van der Waals surface area contributed by atoms with E-state index in [0.29, 0.717) is 5.92 Å². The van der Waals surface area contributed by atoms with Crippen LogP contribution in [0, 0.1) is 0 Å². The maximum atomic E-state index is 5.49. The monoisotopic (exact) mass is 349 g/mol. The van der Waals surface area contributed by atoms with Crippen molar-refractivity contribution in [1.82, 2.24) is 19.5 Å². The Morgan fingerprint density at radius 1 is 1.12 bits per heavy atom. The van der Waals surface area contributed by atoms with Crippen molar-refractivity contribution in [3.05, 3.63) is 59.5 Å². The standard InChI is InChI=1S/C20H23N5O/c1-23-11-16-10-17(24-6-8-26-9-7-24)3-4-18(16)19(13-23)15-2-5-20-22-21-14-25(20)12-15/h2-5,10,12,14,19H,6-9,11,13H2,1H3. The predicted molar refractivity (Wildman–Crippen MR) is 101 cm³/mol. The van der Waals surface area contributed by atoms with Gasteiger partial charge in [0.1, 0.15) is 6.33 Å². The molecule has 26 heavy (non-hydrogen) atoms. The highest BCUT2D eigenvalue weighted by atomic mass is 16.5. The Hall–Kier alpha value is -2.44. The number of aromatic nitrogens is 3. The van der Waals surface area contributed by atoms with Gasteiger partial charge in [0.2, 0.25) is 0 Å². The summed E-state index contributed by atoms with van der Waals surface area (Å²) in [4.78, 5) is 4.84. The van der Waals surface area contributed by atoms with Crippen molar-refractivity contribution in [2.75, 3.05) is 44.8 Å². The highest BCUT2D eigenvalue weighted by Crippen LogP contribution is 2.35. The second-order valence-electron chi connectivity index (χ2n) is 7.29. The fraction of sp³-hybridized carbons (Fsp3) is 0.400. The van der Waals surface area contributed by atoms with E-state index < -0.39 is 0 Å². The van der Waals surface area contributed by atoms with Crippen LogP contribution in [0.3, 0.4) is 0 Å². The molecule has 2 aliphatic rings. The highest BCUT2D eigenvalue weighted by molar-refractivity contribution is 5.54. The van der Waals surface area contributed by atoms with Crippen LogP contribution in [0.1, 0.15) is 22.6 Å². The number of hydrogen-bond donors (Lipinski definition) is 0. The van der Waals surface area contributed by atoms with Gasteiger partial charge in [-0.1, -0.05) is 12.1 Å². The van der Waals surface area contributed by atoms with E-state index in [-0.39, 0.29) is 0 Å². The van der Waals surface area contributed by atoms with Gasteiger partial charge in [-0.05, 0) is 41.9 Å². The molecule has 0 amide bonds. The minimum atomic E-state index is 0.370. The number of morpholine rings is 1. The molecule has 2 aliphatic heterocycles. The van der Waals surface area contributed by atoms with Gasteiger partial charge in [0.25, 0.3) is 0 Å². The van der Waals surface area contributed by atoms with Gasteiger partial charge in [-0.2, -0.15) is 0 Å². The van der Waals surface area contributed by atoms with Crippen LogP contribution in [0.5, 0.6) is 0 Å². The van der Waals surface area contributed by atoms with Gasteiger partial charge in [-0.3, -0.25) is 4.40 Å². The van der Waals surface area contributed by atoms with Crippen LogP contribution >= 0.6 is 0 Å². The van der Waals surface area contributed by atoms with Gasteiger partial charge < -0.3 is 14.5 Å². The molecule has 0 radical (unpaired) electrons. The number of rotatable bonds is 2. The molecular weight excluding hydrogens is 326 g/mol. The molecule has 4 heterocycles. The van der Waals surface area contributed by atoms with Crippen LogP contribution in [0.2, 0.25) is 0 Å². The average molecular weight is 349 g/mol. The molecule has 3 aromatic rings. The van der Waals surface area contributed by atoms with Crippen LogP contribution < -0.4 is 4.90 Å². The molecule has 5 rings (SSSR count). The summed E-state index contributed by atoms with van der Waals surface area (Å²) in [6.45, 7) is 5.61. The normalized spacial score (nSPS) is 21.1. The predicted octanol–water partition coefficient (Wildman–Crippen LogP) is 2.14. The Labute approximate surface area is 153 Å². The van der Waals surface area contributed by atoms with Crippen LogP contribution in [-0.4, -0.2) is 59.4 Å². The third kappa shape index (κ3) is 2.75. The number of pyridine rings is 1. The van der Waals surface area contributed by atoms with Crippen LogP contribution in [0.25, 0.3) is 5.65 Å². The van der Waals surface area contributed by atoms with Crippen molar-refractivity contribution in [3.63, 3.8) is 0 Å². The Bertz CT molecular complexity index is 931. The number of ether oxygens (including phenoxy) is 1. The smallest absolute Gasteiger partial charge is 0.160 e. The summed E-state index contributed by atoms with van der Waals surface area (Å²) < 4.78 is 7.50. The Kier molecular flexibility index (Phi) is 3.87. The lowest BCUT2D eigenvalue weighted by Gasteiger charge is -2.35. The fourth-order valence-corrected chi connectivity index (χ4v) is 4.19. The van der Waals surface area contributed by atoms with Crippen molar-refractivity contribution in [2.45, 2.75) is 12.5 Å². The van der Waals surface area contributed by atoms with Crippen LogP contribution in [0.4, 0.5) is 5.69 Å². The second-order valence-corrected chi connectivity index (χ2v) is 7.29. The molecule has 2 aromatic heterocycles. The molecule has 1 aromatic carbocycles. The van der Waals surface area contributed by atoms with Crippen molar-refractivity contribution in [3.8, 4) is 0 Å². The van der Waals surface area contributed by atoms with Crippen molar-refractivity contribution in [1.29, 1.82) is 0 Å². The summed E-state index contributed by atoms with van der Waals surface area (Å²) in [6.07, 6.45) is 3.94. The molecule has 1 unspecified atom stereocenters. The summed E-state index contributed by atoms with van der Waals surface area (Å²) in [5, 5.41) is 8.11. The topological polar surface area (TPSA) is 45.9 Å². The van der Waals surface area contributed by atoms with Gasteiger partial charge in [-0.15, -0.1) is 10.2 Å². The van der Waals surface area contributed by atoms with E-state index in [0.717, 1.165) is 45.0 Å². The first-order valence-corrected chi connectivity index (χ1v) is 9.21. The van der Waals surface area contributed by atoms with E-state index in [2.05, 4.69) is 63.6 Å². The summed E-state index contributed by atoms with van der Waals surface area (Å²) >= 11 is 0. The molecule has 0 spiro atoms. The Balaban J connectivity index is 1.52. The number of benzene rings is 1. The fourth-order valence-electron chi connectivity index (χ4n) is 4.19. The Morgan fingerprint density at radius 2 is 2.00 bits per heavy atom. The molecule has 1 fully saturated rings. The van der Waals surface area contributed by atoms with Crippen molar-refractivity contribution >= 4 is 11.3 Å². The summed E-state index contributed by atoms with van der Waals surface area (Å²) in [7, 11) is 2.20. The zero-order valence-electron chi connectivity index (χ0n) is 15.0. The number of nitrogens with zero attached hydrogens (tertiary/aromatic N) is 5. The minimum absolute atomic E-state index is 0.370. The van der Waals surface area contributed by atoms with E-state index in [9.17, 15) is 0 Å². The molecule has 0 saturated carbocycles. The number of anilines is 1. The molecular formula is C20H23N5O. The third-order valence-electron chi connectivity index (χ3n) is 5.53. The largest absolute Gasteiger partial charge is 0.378 e.